The lowest BCUT2D eigenvalue weighted by Gasteiger charge is -2.27. The van der Waals surface area contributed by atoms with E-state index in [2.05, 4.69) is 34.9 Å². The second-order valence-electron chi connectivity index (χ2n) is 15.2. The Morgan fingerprint density at radius 1 is 0.716 bits per heavy atom. The van der Waals surface area contributed by atoms with Crippen LogP contribution in [0.15, 0.2) is 38.0 Å². The van der Waals surface area contributed by atoms with Gasteiger partial charge in [0.1, 0.15) is 43.1 Å². The number of anilines is 2. The maximum atomic E-state index is 12.7. The van der Waals surface area contributed by atoms with E-state index in [0.29, 0.717) is 0 Å². The van der Waals surface area contributed by atoms with Crippen LogP contribution in [0, 0.1) is 6.92 Å². The number of nitrogens with one attached hydrogen (secondary N) is 3. The van der Waals surface area contributed by atoms with E-state index >= 15 is 0 Å². The van der Waals surface area contributed by atoms with Gasteiger partial charge >= 0.3 is 26.9 Å². The second kappa shape index (κ2) is 19.4. The molecule has 0 bridgehead atoms. The number of imidazole rings is 2. The topological polar surface area (TPSA) is 415 Å². The van der Waals surface area contributed by atoms with Gasteiger partial charge in [0.15, 0.2) is 22.3 Å². The Labute approximate surface area is 384 Å². The standard InChI is InChI=1S/C32H43N12O18P3S2/c1-3-54-63(50,51)60-15-5-20(42-7-13(2)27(46)41-32(42)49)58-18(15)9-55-65(53,67)62-16-6-22(44-12-36-24-26(44)38-31(34)40-29(24)48)59-19(16)10-56-64(52,66)61-14-4-21(57-17(14)8-45)43-11-35-23-25(43)37-30(33)39-28(23)47/h7,11-12,14-22,45H,3-6,8-10H2,1-2H3,(H,50,51)(H,52,66)(H,53,67)(H,41,46,49)(H3,33,37,39,47)(H3,34,38,40,48)/t14?,15?,16?,17-,18-,19-,20-,21-,22-,64?,65?/m1/s1. The number of ether oxygens (including phenoxy) is 3. The zero-order chi connectivity index (χ0) is 48.2. The number of fused-ring (bicyclic) bond motifs is 2. The Morgan fingerprint density at radius 2 is 1.16 bits per heavy atom. The highest BCUT2D eigenvalue weighted by molar-refractivity contribution is 8.07. The van der Waals surface area contributed by atoms with Gasteiger partial charge in [-0.05, 0) is 37.5 Å². The third kappa shape index (κ3) is 10.9. The summed E-state index contributed by atoms with van der Waals surface area (Å²) >= 11 is 10.8. The molecule has 8 heterocycles. The fourth-order valence-corrected chi connectivity index (χ4v) is 11.5. The van der Waals surface area contributed by atoms with Crippen LogP contribution in [0.1, 0.15) is 50.4 Å². The van der Waals surface area contributed by atoms with Crippen LogP contribution in [0.25, 0.3) is 22.3 Å². The summed E-state index contributed by atoms with van der Waals surface area (Å²) in [5.74, 6) is -0.402. The third-order valence-corrected chi connectivity index (χ3v) is 14.9. The molecule has 6 unspecified atom stereocenters. The quantitative estimate of drug-likeness (QED) is 0.0470. The molecule has 3 aliphatic heterocycles. The Morgan fingerprint density at radius 3 is 1.64 bits per heavy atom. The van der Waals surface area contributed by atoms with E-state index in [-0.39, 0.29) is 65.7 Å². The lowest BCUT2D eigenvalue weighted by Crippen LogP contribution is -2.33. The van der Waals surface area contributed by atoms with Crippen LogP contribution >= 0.6 is 21.3 Å². The number of nitrogens with two attached hydrogens (primary N) is 2. The van der Waals surface area contributed by atoms with Crippen molar-refractivity contribution in [3.05, 3.63) is 66.0 Å². The molecule has 0 radical (unpaired) electrons. The molecule has 30 nitrogen and oxygen atoms in total. The number of hydrogen-bond donors (Lipinski definition) is 9. The summed E-state index contributed by atoms with van der Waals surface area (Å²) in [5, 5.41) is 10.2. The molecular weight excluding hydrogens is 997 g/mol. The number of aliphatic hydroxyl groups is 1. The van der Waals surface area contributed by atoms with Gasteiger partial charge in [-0.25, -0.2) is 19.3 Å². The molecule has 366 valence electrons. The first-order valence-corrected chi connectivity index (χ1v) is 26.6. The van der Waals surface area contributed by atoms with Crippen LogP contribution in [0.3, 0.4) is 0 Å². The first-order chi connectivity index (χ1) is 31.6. The summed E-state index contributed by atoms with van der Waals surface area (Å²) in [6.45, 7) is -7.73. The van der Waals surface area contributed by atoms with Gasteiger partial charge in [0.05, 0.1) is 51.3 Å². The molecule has 0 saturated carbocycles. The minimum Gasteiger partial charge on any atom is -0.394 e. The lowest BCUT2D eigenvalue weighted by molar-refractivity contribution is -0.0543. The largest absolute Gasteiger partial charge is 0.472 e. The van der Waals surface area contributed by atoms with Crippen LogP contribution in [0.5, 0.6) is 0 Å². The second-order valence-corrected chi connectivity index (χ2v) is 22.1. The van der Waals surface area contributed by atoms with Gasteiger partial charge in [0, 0.05) is 31.0 Å². The lowest BCUT2D eigenvalue weighted by atomic mass is 10.2. The first kappa shape index (κ1) is 49.4. The molecule has 67 heavy (non-hydrogen) atoms. The summed E-state index contributed by atoms with van der Waals surface area (Å²) < 4.78 is 68.2. The Hall–Kier alpha value is -4.01. The van der Waals surface area contributed by atoms with Gasteiger partial charge in [0.25, 0.3) is 16.7 Å². The zero-order valence-electron chi connectivity index (χ0n) is 34.8. The van der Waals surface area contributed by atoms with Gasteiger partial charge in [0.2, 0.25) is 11.9 Å². The average molecular weight is 1040 g/mol. The molecule has 35 heteroatoms. The number of H-pyrrole nitrogens is 3. The van der Waals surface area contributed by atoms with Gasteiger partial charge in [-0.3, -0.25) is 52.1 Å². The van der Waals surface area contributed by atoms with E-state index < -0.39 is 119 Å². The van der Waals surface area contributed by atoms with E-state index in [1.807, 2.05) is 0 Å². The highest BCUT2D eigenvalue weighted by atomic mass is 32.5. The first-order valence-electron chi connectivity index (χ1n) is 19.9. The Kier molecular flexibility index (Phi) is 14.3. The van der Waals surface area contributed by atoms with Crippen molar-refractivity contribution in [2.45, 2.75) is 88.4 Å². The monoisotopic (exact) mass is 1040 g/mol. The number of aliphatic hydroxyl groups excluding tert-OH is 1. The zero-order valence-corrected chi connectivity index (χ0v) is 39.1. The fraction of sp³-hybridized carbons (Fsp3) is 0.562. The van der Waals surface area contributed by atoms with Crippen LogP contribution < -0.4 is 33.8 Å². The number of rotatable bonds is 18. The molecule has 5 aromatic heterocycles. The Bertz CT molecular complexity index is 3060. The Balaban J connectivity index is 0.989. The predicted molar refractivity (Wildman–Crippen MR) is 235 cm³/mol. The number of hydrogen-bond acceptors (Lipinski definition) is 23. The van der Waals surface area contributed by atoms with Crippen molar-refractivity contribution in [3.8, 4) is 0 Å². The summed E-state index contributed by atoms with van der Waals surface area (Å²) in [7, 11) is -4.68. The summed E-state index contributed by atoms with van der Waals surface area (Å²) in [6, 6.07) is 0. The molecular formula is C32H43N12O18P3S2. The molecule has 0 spiro atoms. The van der Waals surface area contributed by atoms with Crippen molar-refractivity contribution in [2.24, 2.45) is 0 Å². The normalized spacial score (nSPS) is 28.2. The van der Waals surface area contributed by atoms with Crippen LogP contribution in [-0.4, -0.2) is 131 Å². The van der Waals surface area contributed by atoms with Crippen molar-refractivity contribution >= 4 is 79.1 Å². The molecule has 5 aromatic rings. The van der Waals surface area contributed by atoms with E-state index in [1.165, 1.54) is 41.8 Å². The third-order valence-electron chi connectivity index (χ3n) is 10.6. The average Bonchev–Trinajstić information content (AvgIpc) is 4.08. The summed E-state index contributed by atoms with van der Waals surface area (Å²) in [6.07, 6.45) is -6.92. The molecule has 11 N–H and O–H groups in total. The number of aryl methyl sites for hydroxylation is 1. The maximum absolute atomic E-state index is 12.7. The van der Waals surface area contributed by atoms with Crippen LogP contribution in [0.4, 0.5) is 11.9 Å². The molecule has 8 rings (SSSR count). The van der Waals surface area contributed by atoms with Crippen LogP contribution in [-0.2, 0) is 69.5 Å². The van der Waals surface area contributed by atoms with Gasteiger partial charge in [-0.1, -0.05) is 0 Å². The van der Waals surface area contributed by atoms with Crippen molar-refractivity contribution in [2.75, 3.05) is 37.9 Å². The van der Waals surface area contributed by atoms with Crippen molar-refractivity contribution in [1.82, 2.24) is 48.6 Å². The maximum Gasteiger partial charge on any atom is 0.472 e. The van der Waals surface area contributed by atoms with Crippen molar-refractivity contribution in [3.63, 3.8) is 0 Å². The molecule has 3 aliphatic rings. The van der Waals surface area contributed by atoms with E-state index in [0.717, 1.165) is 4.57 Å². The molecule has 0 aliphatic carbocycles. The van der Waals surface area contributed by atoms with Gasteiger partial charge in [-0.15, -0.1) is 0 Å². The SMILES string of the molecule is CCOP(=O)(O)OC1C[C@H](n2cc(C)c(=O)[nH]c2=O)O[C@@H]1COP(O)(=S)OC1C[C@H](n2cnc3c(=O)[nH]c(N)nc32)O[C@@H]1COP(O)(=S)OC1C[C@H](n2cnc3c(=O)[nH]c(N)nc32)O[C@@H]1CO. The highest BCUT2D eigenvalue weighted by Crippen LogP contribution is 2.53. The minimum absolute atomic E-state index is 0.0184. The number of aromatic amines is 3. The summed E-state index contributed by atoms with van der Waals surface area (Å²) in [4.78, 5) is 106. The number of aromatic nitrogens is 10. The van der Waals surface area contributed by atoms with E-state index in [4.69, 9.17) is 76.4 Å². The van der Waals surface area contributed by atoms with Gasteiger partial charge < -0.3 is 63.6 Å². The number of phosphoric ester groups is 1. The number of phosphoric acid groups is 1. The van der Waals surface area contributed by atoms with Crippen molar-refractivity contribution in [1.29, 1.82) is 0 Å². The smallest absolute Gasteiger partial charge is 0.394 e. The molecule has 3 saturated heterocycles. The predicted octanol–water partition coefficient (Wildman–Crippen LogP) is -1.11. The molecule has 0 amide bonds. The van der Waals surface area contributed by atoms with E-state index in [1.54, 1.807) is 0 Å². The fourth-order valence-electron chi connectivity index (χ4n) is 7.62. The van der Waals surface area contributed by atoms with Crippen molar-refractivity contribution < 1.29 is 65.7 Å². The van der Waals surface area contributed by atoms with E-state index in [9.17, 15) is 43.5 Å². The molecule has 0 aromatic carbocycles. The molecule has 12 atom stereocenters. The number of nitrogen functional groups attached to an aromatic ring is 2. The van der Waals surface area contributed by atoms with Gasteiger partial charge in [-0.2, -0.15) is 9.97 Å². The molecule has 3 fully saturated rings. The number of nitrogens with zero attached hydrogens (tertiary/aromatic N) is 7. The van der Waals surface area contributed by atoms with Crippen LogP contribution in [0.2, 0.25) is 0 Å². The summed E-state index contributed by atoms with van der Waals surface area (Å²) in [5.41, 5.74) is 8.99. The highest BCUT2D eigenvalue weighted by Gasteiger charge is 2.46. The minimum atomic E-state index is -4.68.